The van der Waals surface area contributed by atoms with Crippen LogP contribution >= 0.6 is 0 Å². The van der Waals surface area contributed by atoms with Gasteiger partial charge in [0.15, 0.2) is 0 Å². The zero-order valence-electron chi connectivity index (χ0n) is 14.6. The zero-order valence-corrected chi connectivity index (χ0v) is 14.6. The number of hydrogen-bond acceptors (Lipinski definition) is 3. The molecule has 0 bridgehead atoms. The van der Waals surface area contributed by atoms with E-state index in [9.17, 15) is 4.79 Å². The van der Waals surface area contributed by atoms with E-state index >= 15 is 0 Å². The Morgan fingerprint density at radius 3 is 2.52 bits per heavy atom. The second kappa shape index (κ2) is 7.75. The molecule has 0 aliphatic carbocycles. The lowest BCUT2D eigenvalue weighted by atomic mass is 10.1. The predicted octanol–water partition coefficient (Wildman–Crippen LogP) is 3.25. The highest BCUT2D eigenvalue weighted by atomic mass is 16.2. The summed E-state index contributed by atoms with van der Waals surface area (Å²) in [5.74, 6) is 0.674. The van der Waals surface area contributed by atoms with Crippen molar-refractivity contribution in [3.05, 3.63) is 77.4 Å². The molecule has 5 nitrogen and oxygen atoms in total. The van der Waals surface area contributed by atoms with Gasteiger partial charge in [0.25, 0.3) is 5.91 Å². The number of para-hydroxylation sites is 1. The maximum absolute atomic E-state index is 12.3. The molecule has 0 spiro atoms. The molecule has 0 aliphatic rings. The summed E-state index contributed by atoms with van der Waals surface area (Å²) in [7, 11) is 0. The van der Waals surface area contributed by atoms with Crippen LogP contribution < -0.4 is 5.32 Å². The van der Waals surface area contributed by atoms with Gasteiger partial charge in [0.05, 0.1) is 5.69 Å². The minimum atomic E-state index is -0.233. The average molecular weight is 334 g/mol. The van der Waals surface area contributed by atoms with Gasteiger partial charge in [-0.25, -0.2) is 9.67 Å². The molecule has 1 N–H and O–H groups in total. The number of carbonyl (C=O) groups excluding carboxylic acids is 1. The Kier molecular flexibility index (Phi) is 5.23. The van der Waals surface area contributed by atoms with Gasteiger partial charge in [-0.1, -0.05) is 48.5 Å². The van der Waals surface area contributed by atoms with E-state index < -0.39 is 0 Å². The standard InChI is InChI=1S/C20H22N4O/c1-15-9-6-7-13-18(15)24-16(2)22-19(23-24)20(25)21-14-8-12-17-10-4-3-5-11-17/h3-7,9-11,13H,8,12,14H2,1-2H3,(H,21,25). The molecule has 0 aliphatic heterocycles. The second-order valence-electron chi connectivity index (χ2n) is 6.03. The van der Waals surface area contributed by atoms with Crippen molar-refractivity contribution in [2.24, 2.45) is 0 Å². The number of amides is 1. The lowest BCUT2D eigenvalue weighted by molar-refractivity contribution is 0.0943. The Bertz CT molecular complexity index is 855. The Morgan fingerprint density at radius 2 is 1.76 bits per heavy atom. The van der Waals surface area contributed by atoms with Crippen molar-refractivity contribution in [1.82, 2.24) is 20.1 Å². The van der Waals surface area contributed by atoms with Crippen LogP contribution in [0, 0.1) is 13.8 Å². The molecule has 0 saturated carbocycles. The fraction of sp³-hybridized carbons (Fsp3) is 0.250. The van der Waals surface area contributed by atoms with Gasteiger partial charge < -0.3 is 5.32 Å². The number of benzene rings is 2. The molecule has 128 valence electrons. The predicted molar refractivity (Wildman–Crippen MR) is 97.9 cm³/mol. The van der Waals surface area contributed by atoms with Crippen molar-refractivity contribution < 1.29 is 4.79 Å². The number of nitrogens with zero attached hydrogens (tertiary/aromatic N) is 3. The molecular formula is C20H22N4O. The maximum atomic E-state index is 12.3. The van der Waals surface area contributed by atoms with E-state index in [1.807, 2.05) is 56.3 Å². The minimum Gasteiger partial charge on any atom is -0.349 e. The number of hydrogen-bond donors (Lipinski definition) is 1. The van der Waals surface area contributed by atoms with Gasteiger partial charge in [-0.2, -0.15) is 0 Å². The number of aryl methyl sites for hydroxylation is 3. The summed E-state index contributed by atoms with van der Waals surface area (Å²) in [6.07, 6.45) is 1.82. The molecule has 5 heteroatoms. The van der Waals surface area contributed by atoms with E-state index in [1.54, 1.807) is 4.68 Å². The lowest BCUT2D eigenvalue weighted by Gasteiger charge is -2.06. The Balaban J connectivity index is 1.60. The SMILES string of the molecule is Cc1ccccc1-n1nc(C(=O)NCCCc2ccccc2)nc1C. The average Bonchev–Trinajstić information content (AvgIpc) is 3.01. The van der Waals surface area contributed by atoms with Gasteiger partial charge in [-0.15, -0.1) is 5.10 Å². The molecule has 1 aromatic heterocycles. The van der Waals surface area contributed by atoms with Gasteiger partial charge in [-0.05, 0) is 43.9 Å². The molecule has 1 heterocycles. The van der Waals surface area contributed by atoms with Crippen molar-refractivity contribution in [2.45, 2.75) is 26.7 Å². The van der Waals surface area contributed by atoms with Crippen molar-refractivity contribution in [3.63, 3.8) is 0 Å². The molecule has 0 fully saturated rings. The Hall–Kier alpha value is -2.95. The summed E-state index contributed by atoms with van der Waals surface area (Å²) >= 11 is 0. The fourth-order valence-corrected chi connectivity index (χ4v) is 2.73. The van der Waals surface area contributed by atoms with Crippen LogP contribution in [0.4, 0.5) is 0 Å². The quantitative estimate of drug-likeness (QED) is 0.704. The van der Waals surface area contributed by atoms with Crippen molar-refractivity contribution >= 4 is 5.91 Å². The van der Waals surface area contributed by atoms with Crippen LogP contribution in [0.25, 0.3) is 5.69 Å². The topological polar surface area (TPSA) is 59.8 Å². The molecule has 25 heavy (non-hydrogen) atoms. The summed E-state index contributed by atoms with van der Waals surface area (Å²) in [6, 6.07) is 18.2. The van der Waals surface area contributed by atoms with E-state index in [1.165, 1.54) is 5.56 Å². The van der Waals surface area contributed by atoms with Crippen LogP contribution in [0.15, 0.2) is 54.6 Å². The summed E-state index contributed by atoms with van der Waals surface area (Å²) in [4.78, 5) is 16.6. The molecule has 0 saturated heterocycles. The number of nitrogens with one attached hydrogen (secondary N) is 1. The molecule has 0 unspecified atom stereocenters. The van der Waals surface area contributed by atoms with Crippen molar-refractivity contribution in [3.8, 4) is 5.69 Å². The zero-order chi connectivity index (χ0) is 17.6. The van der Waals surface area contributed by atoms with Crippen molar-refractivity contribution in [2.75, 3.05) is 6.54 Å². The molecule has 0 atom stereocenters. The maximum Gasteiger partial charge on any atom is 0.290 e. The van der Waals surface area contributed by atoms with Gasteiger partial charge in [0.2, 0.25) is 5.82 Å². The normalized spacial score (nSPS) is 10.6. The first-order valence-electron chi connectivity index (χ1n) is 8.47. The Labute approximate surface area is 147 Å². The molecule has 0 radical (unpaired) electrons. The lowest BCUT2D eigenvalue weighted by Crippen LogP contribution is -2.26. The largest absolute Gasteiger partial charge is 0.349 e. The summed E-state index contributed by atoms with van der Waals surface area (Å²) < 4.78 is 1.72. The number of rotatable bonds is 6. The smallest absolute Gasteiger partial charge is 0.290 e. The first kappa shape index (κ1) is 16.9. The van der Waals surface area contributed by atoms with E-state index in [0.717, 1.165) is 24.1 Å². The fourth-order valence-electron chi connectivity index (χ4n) is 2.73. The number of carbonyl (C=O) groups is 1. The first-order chi connectivity index (χ1) is 12.1. The van der Waals surface area contributed by atoms with Crippen LogP contribution in [0.3, 0.4) is 0 Å². The Morgan fingerprint density at radius 1 is 1.04 bits per heavy atom. The van der Waals surface area contributed by atoms with Crippen LogP contribution in [0.2, 0.25) is 0 Å². The van der Waals surface area contributed by atoms with Crippen LogP contribution in [-0.4, -0.2) is 27.2 Å². The summed E-state index contributed by atoms with van der Waals surface area (Å²) in [6.45, 7) is 4.47. The highest BCUT2D eigenvalue weighted by molar-refractivity contribution is 5.90. The molecular weight excluding hydrogens is 312 g/mol. The van der Waals surface area contributed by atoms with E-state index in [-0.39, 0.29) is 11.7 Å². The monoisotopic (exact) mass is 334 g/mol. The summed E-state index contributed by atoms with van der Waals surface area (Å²) in [5, 5.41) is 7.27. The van der Waals surface area contributed by atoms with Crippen LogP contribution in [0.5, 0.6) is 0 Å². The highest BCUT2D eigenvalue weighted by Crippen LogP contribution is 2.14. The minimum absolute atomic E-state index is 0.209. The summed E-state index contributed by atoms with van der Waals surface area (Å²) in [5.41, 5.74) is 3.30. The second-order valence-corrected chi connectivity index (χ2v) is 6.03. The molecule has 3 aromatic rings. The third-order valence-electron chi connectivity index (χ3n) is 4.09. The van der Waals surface area contributed by atoms with Crippen LogP contribution in [0.1, 0.15) is 34.0 Å². The van der Waals surface area contributed by atoms with E-state index in [2.05, 4.69) is 27.5 Å². The number of aromatic nitrogens is 3. The first-order valence-corrected chi connectivity index (χ1v) is 8.47. The van der Waals surface area contributed by atoms with Gasteiger partial charge in [-0.3, -0.25) is 4.79 Å². The van der Waals surface area contributed by atoms with E-state index in [4.69, 9.17) is 0 Å². The van der Waals surface area contributed by atoms with Gasteiger partial charge in [0, 0.05) is 6.54 Å². The molecule has 2 aromatic carbocycles. The third-order valence-corrected chi connectivity index (χ3v) is 4.09. The highest BCUT2D eigenvalue weighted by Gasteiger charge is 2.15. The van der Waals surface area contributed by atoms with Gasteiger partial charge in [0.1, 0.15) is 5.82 Å². The molecule has 1 amide bonds. The third kappa shape index (κ3) is 4.12. The molecule has 3 rings (SSSR count). The van der Waals surface area contributed by atoms with Gasteiger partial charge >= 0.3 is 0 Å². The van der Waals surface area contributed by atoms with Crippen molar-refractivity contribution in [1.29, 1.82) is 0 Å². The van der Waals surface area contributed by atoms with E-state index in [0.29, 0.717) is 12.4 Å². The van der Waals surface area contributed by atoms with Crippen LogP contribution in [-0.2, 0) is 6.42 Å².